The van der Waals surface area contributed by atoms with Crippen molar-refractivity contribution in [1.82, 2.24) is 15.1 Å². The highest BCUT2D eigenvalue weighted by molar-refractivity contribution is 9.10. The number of aryl methyl sites for hydroxylation is 1. The van der Waals surface area contributed by atoms with Crippen LogP contribution in [0.4, 0.5) is 0 Å². The van der Waals surface area contributed by atoms with E-state index in [-0.39, 0.29) is 11.9 Å². The summed E-state index contributed by atoms with van der Waals surface area (Å²) in [7, 11) is 0. The number of benzene rings is 2. The molecule has 1 aromatic heterocycles. The molecule has 5 nitrogen and oxygen atoms in total. The van der Waals surface area contributed by atoms with Crippen LogP contribution in [0, 0.1) is 13.8 Å². The summed E-state index contributed by atoms with van der Waals surface area (Å²) in [6.07, 6.45) is 1.18. The number of nitrogens with zero attached hydrogens (tertiary/aromatic N) is 2. The first kappa shape index (κ1) is 20.1. The quantitative estimate of drug-likeness (QED) is 0.591. The van der Waals surface area contributed by atoms with E-state index in [1.54, 1.807) is 13.1 Å². The van der Waals surface area contributed by atoms with E-state index in [1.165, 1.54) is 0 Å². The number of carbonyl (C=O) groups excluding carboxylic acids is 1. The van der Waals surface area contributed by atoms with Crippen molar-refractivity contribution in [3.05, 3.63) is 76.0 Å². The van der Waals surface area contributed by atoms with Crippen molar-refractivity contribution in [1.29, 1.82) is 0 Å². The van der Waals surface area contributed by atoms with E-state index in [0.717, 1.165) is 27.0 Å². The van der Waals surface area contributed by atoms with Crippen LogP contribution in [0.5, 0.6) is 5.75 Å². The average molecular weight is 442 g/mol. The Morgan fingerprint density at radius 2 is 1.86 bits per heavy atom. The van der Waals surface area contributed by atoms with Gasteiger partial charge in [-0.25, -0.2) is 4.68 Å². The van der Waals surface area contributed by atoms with Crippen molar-refractivity contribution in [2.75, 3.05) is 0 Å². The molecule has 2 aromatic carbocycles. The van der Waals surface area contributed by atoms with Crippen molar-refractivity contribution >= 4 is 21.8 Å². The van der Waals surface area contributed by atoms with Crippen molar-refractivity contribution in [3.63, 3.8) is 0 Å². The minimum absolute atomic E-state index is 0.174. The zero-order valence-electron chi connectivity index (χ0n) is 16.4. The van der Waals surface area contributed by atoms with Crippen LogP contribution in [-0.2, 0) is 4.79 Å². The minimum Gasteiger partial charge on any atom is -0.480 e. The van der Waals surface area contributed by atoms with Crippen molar-refractivity contribution in [2.45, 2.75) is 39.8 Å². The lowest BCUT2D eigenvalue weighted by Gasteiger charge is -2.19. The Labute approximate surface area is 173 Å². The average Bonchev–Trinajstić information content (AvgIpc) is 3.06. The van der Waals surface area contributed by atoms with E-state index < -0.39 is 6.10 Å². The maximum Gasteiger partial charge on any atom is 0.261 e. The van der Waals surface area contributed by atoms with Crippen molar-refractivity contribution in [3.8, 4) is 11.4 Å². The Morgan fingerprint density at radius 3 is 2.54 bits per heavy atom. The van der Waals surface area contributed by atoms with Gasteiger partial charge in [0.1, 0.15) is 5.75 Å². The van der Waals surface area contributed by atoms with Crippen LogP contribution in [0.2, 0.25) is 0 Å². The number of aromatic nitrogens is 2. The molecule has 28 heavy (non-hydrogen) atoms. The van der Waals surface area contributed by atoms with Gasteiger partial charge >= 0.3 is 0 Å². The van der Waals surface area contributed by atoms with Gasteiger partial charge in [0.25, 0.3) is 5.91 Å². The number of hydrogen-bond donors (Lipinski definition) is 1. The van der Waals surface area contributed by atoms with Crippen LogP contribution < -0.4 is 10.1 Å². The molecule has 0 aliphatic carbocycles. The minimum atomic E-state index is -0.620. The molecule has 2 atom stereocenters. The van der Waals surface area contributed by atoms with Gasteiger partial charge in [-0.2, -0.15) is 5.10 Å². The SMILES string of the molecule is Cc1ccc(OC(C)C(=O)NC(C)c2cnn(-c3ccccc3)c2C)c(Br)c1. The lowest BCUT2D eigenvalue weighted by atomic mass is 10.1. The molecule has 1 N–H and O–H groups in total. The topological polar surface area (TPSA) is 56.1 Å². The van der Waals surface area contributed by atoms with Crippen molar-refractivity contribution < 1.29 is 9.53 Å². The fraction of sp³-hybridized carbons (Fsp3) is 0.273. The standard InChI is InChI=1S/C22H24BrN3O2/c1-14-10-11-21(20(23)12-14)28-17(4)22(27)25-15(2)19-13-24-26(16(19)3)18-8-6-5-7-9-18/h5-13,15,17H,1-4H3,(H,25,27). The molecule has 0 saturated carbocycles. The van der Waals surface area contributed by atoms with Gasteiger partial charge in [-0.05, 0) is 73.5 Å². The molecular formula is C22H24BrN3O2. The molecule has 0 fully saturated rings. The highest BCUT2D eigenvalue weighted by atomic mass is 79.9. The Kier molecular flexibility index (Phi) is 6.19. The first-order chi connectivity index (χ1) is 13.4. The molecule has 6 heteroatoms. The molecule has 0 aliphatic heterocycles. The van der Waals surface area contributed by atoms with Gasteiger partial charge in [0, 0.05) is 11.3 Å². The largest absolute Gasteiger partial charge is 0.480 e. The van der Waals surface area contributed by atoms with E-state index in [1.807, 2.05) is 74.0 Å². The normalized spacial score (nSPS) is 13.0. The zero-order chi connectivity index (χ0) is 20.3. The second kappa shape index (κ2) is 8.61. The number of amides is 1. The second-order valence-electron chi connectivity index (χ2n) is 6.86. The van der Waals surface area contributed by atoms with Gasteiger partial charge in [0.15, 0.2) is 6.10 Å². The third-order valence-corrected chi connectivity index (χ3v) is 5.25. The molecule has 2 unspecified atom stereocenters. The maximum atomic E-state index is 12.6. The summed E-state index contributed by atoms with van der Waals surface area (Å²) >= 11 is 3.48. The van der Waals surface area contributed by atoms with E-state index in [9.17, 15) is 4.79 Å². The predicted molar refractivity (Wildman–Crippen MR) is 114 cm³/mol. The third kappa shape index (κ3) is 4.44. The molecule has 0 saturated heterocycles. The lowest BCUT2D eigenvalue weighted by Crippen LogP contribution is -2.38. The molecule has 0 radical (unpaired) electrons. The fourth-order valence-corrected chi connectivity index (χ4v) is 3.62. The Hall–Kier alpha value is -2.60. The summed E-state index contributed by atoms with van der Waals surface area (Å²) in [4.78, 5) is 12.6. The summed E-state index contributed by atoms with van der Waals surface area (Å²) in [6.45, 7) is 7.70. The molecule has 1 heterocycles. The zero-order valence-corrected chi connectivity index (χ0v) is 18.0. The van der Waals surface area contributed by atoms with Gasteiger partial charge in [0.05, 0.1) is 22.4 Å². The Bertz CT molecular complexity index is 969. The first-order valence-electron chi connectivity index (χ1n) is 9.20. The summed E-state index contributed by atoms with van der Waals surface area (Å²) < 4.78 is 8.53. The number of rotatable bonds is 6. The monoisotopic (exact) mass is 441 g/mol. The molecule has 0 spiro atoms. The number of carbonyl (C=O) groups is 1. The van der Waals surface area contributed by atoms with Gasteiger partial charge in [-0.3, -0.25) is 4.79 Å². The van der Waals surface area contributed by atoms with E-state index in [2.05, 4.69) is 26.3 Å². The Morgan fingerprint density at radius 1 is 1.14 bits per heavy atom. The molecular weight excluding hydrogens is 418 g/mol. The van der Waals surface area contributed by atoms with Gasteiger partial charge in [0.2, 0.25) is 0 Å². The molecule has 146 valence electrons. The van der Waals surface area contributed by atoms with Crippen molar-refractivity contribution in [2.24, 2.45) is 0 Å². The molecule has 0 aliphatic rings. The van der Waals surface area contributed by atoms with Crippen LogP contribution in [0.3, 0.4) is 0 Å². The highest BCUT2D eigenvalue weighted by Gasteiger charge is 2.21. The van der Waals surface area contributed by atoms with Crippen LogP contribution in [0.1, 0.15) is 36.7 Å². The van der Waals surface area contributed by atoms with Crippen LogP contribution in [0.25, 0.3) is 5.69 Å². The number of hydrogen-bond acceptors (Lipinski definition) is 3. The summed E-state index contributed by atoms with van der Waals surface area (Å²) in [5, 5.41) is 7.49. The molecule has 1 amide bonds. The lowest BCUT2D eigenvalue weighted by molar-refractivity contribution is -0.127. The summed E-state index contributed by atoms with van der Waals surface area (Å²) in [5.41, 5.74) is 4.08. The number of para-hydroxylation sites is 1. The van der Waals surface area contributed by atoms with Gasteiger partial charge in [-0.15, -0.1) is 0 Å². The highest BCUT2D eigenvalue weighted by Crippen LogP contribution is 2.27. The van der Waals surface area contributed by atoms with E-state index in [0.29, 0.717) is 5.75 Å². The number of halogens is 1. The summed E-state index contributed by atoms with van der Waals surface area (Å²) in [6, 6.07) is 15.5. The number of nitrogens with one attached hydrogen (secondary N) is 1. The Balaban J connectivity index is 1.68. The second-order valence-corrected chi connectivity index (χ2v) is 7.71. The fourth-order valence-electron chi connectivity index (χ4n) is 3.03. The summed E-state index contributed by atoms with van der Waals surface area (Å²) in [5.74, 6) is 0.473. The predicted octanol–water partition coefficient (Wildman–Crippen LogP) is 4.90. The smallest absolute Gasteiger partial charge is 0.261 e. The molecule has 3 rings (SSSR count). The van der Waals surface area contributed by atoms with Crippen LogP contribution >= 0.6 is 15.9 Å². The van der Waals surface area contributed by atoms with Gasteiger partial charge < -0.3 is 10.1 Å². The molecule has 0 bridgehead atoms. The first-order valence-corrected chi connectivity index (χ1v) is 9.99. The maximum absolute atomic E-state index is 12.6. The van der Waals surface area contributed by atoms with E-state index >= 15 is 0 Å². The van der Waals surface area contributed by atoms with E-state index in [4.69, 9.17) is 4.74 Å². The third-order valence-electron chi connectivity index (χ3n) is 4.63. The van der Waals surface area contributed by atoms with Crippen LogP contribution in [0.15, 0.2) is 59.2 Å². The van der Waals surface area contributed by atoms with Gasteiger partial charge in [-0.1, -0.05) is 24.3 Å². The number of ether oxygens (including phenoxy) is 1. The van der Waals surface area contributed by atoms with Crippen LogP contribution in [-0.4, -0.2) is 21.8 Å². The molecule has 3 aromatic rings.